The lowest BCUT2D eigenvalue weighted by Gasteiger charge is -2.00. The van der Waals surface area contributed by atoms with Crippen LogP contribution in [0.2, 0.25) is 6.82 Å². The van der Waals surface area contributed by atoms with Crippen LogP contribution in [-0.4, -0.2) is 25.2 Å². The number of hydrogen-bond acceptors (Lipinski definition) is 3. The van der Waals surface area contributed by atoms with Crippen LogP contribution in [0.3, 0.4) is 0 Å². The van der Waals surface area contributed by atoms with E-state index in [1.807, 2.05) is 0 Å². The van der Waals surface area contributed by atoms with Crippen molar-refractivity contribution in [3.8, 4) is 0 Å². The SMILES string of the molecule is CB(O)NCCCN. The minimum absolute atomic E-state index is 0.401. The molecule has 0 atom stereocenters. The largest absolute Gasteiger partial charge is 0.437 e. The van der Waals surface area contributed by atoms with Gasteiger partial charge in [-0.05, 0) is 26.3 Å². The lowest BCUT2D eigenvalue weighted by atomic mass is 9.89. The summed E-state index contributed by atoms with van der Waals surface area (Å²) in [5.74, 6) is 0. The Morgan fingerprint density at radius 1 is 1.75 bits per heavy atom. The van der Waals surface area contributed by atoms with Crippen LogP contribution < -0.4 is 11.0 Å². The lowest BCUT2D eigenvalue weighted by Crippen LogP contribution is -2.32. The van der Waals surface area contributed by atoms with Crippen molar-refractivity contribution in [2.45, 2.75) is 13.2 Å². The molecule has 0 heterocycles. The zero-order valence-corrected chi connectivity index (χ0v) is 5.22. The summed E-state index contributed by atoms with van der Waals surface area (Å²) in [5.41, 5.74) is 5.19. The maximum absolute atomic E-state index is 8.63. The smallest absolute Gasteiger partial charge is 0.373 e. The van der Waals surface area contributed by atoms with Crippen molar-refractivity contribution in [1.82, 2.24) is 5.23 Å². The van der Waals surface area contributed by atoms with Crippen LogP contribution in [0, 0.1) is 0 Å². The molecular weight excluding hydrogens is 103 g/mol. The van der Waals surface area contributed by atoms with Crippen molar-refractivity contribution >= 4 is 7.05 Å². The number of hydrogen-bond donors (Lipinski definition) is 3. The van der Waals surface area contributed by atoms with Gasteiger partial charge in [0.05, 0.1) is 0 Å². The highest BCUT2D eigenvalue weighted by molar-refractivity contribution is 6.45. The summed E-state index contributed by atoms with van der Waals surface area (Å²) in [6, 6.07) is 0. The van der Waals surface area contributed by atoms with Gasteiger partial charge in [-0.1, -0.05) is 0 Å². The van der Waals surface area contributed by atoms with Crippen LogP contribution in [0.25, 0.3) is 0 Å². The normalized spacial score (nSPS) is 9.38. The highest BCUT2D eigenvalue weighted by Crippen LogP contribution is 1.70. The summed E-state index contributed by atoms with van der Waals surface area (Å²) in [6.45, 7) is 3.17. The van der Waals surface area contributed by atoms with Gasteiger partial charge in [-0.2, -0.15) is 0 Å². The minimum atomic E-state index is -0.401. The molecule has 0 aliphatic heterocycles. The second-order valence-corrected chi connectivity index (χ2v) is 1.77. The Balaban J connectivity index is 2.72. The van der Waals surface area contributed by atoms with Crippen LogP contribution in [0.4, 0.5) is 0 Å². The molecule has 0 rings (SSSR count). The van der Waals surface area contributed by atoms with Gasteiger partial charge in [0.25, 0.3) is 0 Å². The van der Waals surface area contributed by atoms with Gasteiger partial charge in [0.2, 0.25) is 0 Å². The van der Waals surface area contributed by atoms with Gasteiger partial charge in [-0.25, -0.2) is 0 Å². The highest BCUT2D eigenvalue weighted by atomic mass is 16.2. The van der Waals surface area contributed by atoms with E-state index in [1.54, 1.807) is 6.82 Å². The molecule has 0 radical (unpaired) electrons. The zero-order chi connectivity index (χ0) is 6.41. The maximum atomic E-state index is 8.63. The summed E-state index contributed by atoms with van der Waals surface area (Å²) in [6.07, 6.45) is 0.922. The second kappa shape index (κ2) is 5.09. The summed E-state index contributed by atoms with van der Waals surface area (Å²) < 4.78 is 0. The topological polar surface area (TPSA) is 58.3 Å². The molecular formula is C4H13BN2O. The number of nitrogens with one attached hydrogen (secondary N) is 1. The molecule has 0 unspecified atom stereocenters. The van der Waals surface area contributed by atoms with E-state index in [2.05, 4.69) is 5.23 Å². The van der Waals surface area contributed by atoms with E-state index in [-0.39, 0.29) is 0 Å². The summed E-state index contributed by atoms with van der Waals surface area (Å²) >= 11 is 0. The van der Waals surface area contributed by atoms with Crippen molar-refractivity contribution in [3.63, 3.8) is 0 Å². The Hall–Kier alpha value is -0.0551. The van der Waals surface area contributed by atoms with Crippen LogP contribution in [0.15, 0.2) is 0 Å². The molecule has 48 valence electrons. The average molecular weight is 116 g/mol. The first-order valence-electron chi connectivity index (χ1n) is 2.89. The first-order chi connectivity index (χ1) is 3.77. The minimum Gasteiger partial charge on any atom is -0.437 e. The summed E-state index contributed by atoms with van der Waals surface area (Å²) in [4.78, 5) is 0. The van der Waals surface area contributed by atoms with Crippen molar-refractivity contribution < 1.29 is 5.02 Å². The number of rotatable bonds is 4. The third-order valence-electron chi connectivity index (χ3n) is 0.821. The molecule has 0 bridgehead atoms. The van der Waals surface area contributed by atoms with Gasteiger partial charge >= 0.3 is 7.05 Å². The first kappa shape index (κ1) is 7.94. The molecule has 0 aromatic heterocycles. The Labute approximate surface area is 50.4 Å². The summed E-state index contributed by atoms with van der Waals surface area (Å²) in [5, 5.41) is 11.4. The van der Waals surface area contributed by atoms with Crippen LogP contribution >= 0.6 is 0 Å². The van der Waals surface area contributed by atoms with E-state index in [0.717, 1.165) is 13.0 Å². The predicted molar refractivity (Wildman–Crippen MR) is 35.5 cm³/mol. The Morgan fingerprint density at radius 3 is 2.75 bits per heavy atom. The Bertz CT molecular complexity index is 51.3. The van der Waals surface area contributed by atoms with E-state index in [9.17, 15) is 0 Å². The molecule has 0 amide bonds. The fraction of sp³-hybridized carbons (Fsp3) is 1.00. The van der Waals surface area contributed by atoms with Gasteiger partial charge in [0, 0.05) is 0 Å². The molecule has 0 saturated heterocycles. The monoisotopic (exact) mass is 116 g/mol. The Kier molecular flexibility index (Phi) is 5.05. The van der Waals surface area contributed by atoms with Crippen LogP contribution in [0.5, 0.6) is 0 Å². The molecule has 4 N–H and O–H groups in total. The molecule has 0 aliphatic carbocycles. The fourth-order valence-electron chi connectivity index (χ4n) is 0.413. The van der Waals surface area contributed by atoms with E-state index in [1.165, 1.54) is 0 Å². The molecule has 0 aromatic rings. The molecule has 0 saturated carbocycles. The maximum Gasteiger partial charge on any atom is 0.373 e. The zero-order valence-electron chi connectivity index (χ0n) is 5.22. The van der Waals surface area contributed by atoms with Crippen molar-refractivity contribution in [3.05, 3.63) is 0 Å². The second-order valence-electron chi connectivity index (χ2n) is 1.77. The van der Waals surface area contributed by atoms with Crippen molar-refractivity contribution in [2.24, 2.45) is 5.73 Å². The van der Waals surface area contributed by atoms with Gasteiger partial charge in [-0.15, -0.1) is 0 Å². The van der Waals surface area contributed by atoms with E-state index >= 15 is 0 Å². The van der Waals surface area contributed by atoms with E-state index in [0.29, 0.717) is 6.54 Å². The van der Waals surface area contributed by atoms with E-state index < -0.39 is 7.05 Å². The van der Waals surface area contributed by atoms with Gasteiger partial charge in [0.15, 0.2) is 0 Å². The lowest BCUT2D eigenvalue weighted by molar-refractivity contribution is 0.552. The standard InChI is InChI=1S/C4H13BN2O/c1-5(8)7-4-2-3-6/h7-8H,2-4,6H2,1H3. The summed E-state index contributed by atoms with van der Waals surface area (Å²) in [7, 11) is -0.401. The molecule has 0 aromatic carbocycles. The Morgan fingerprint density at radius 2 is 2.38 bits per heavy atom. The van der Waals surface area contributed by atoms with Gasteiger partial charge < -0.3 is 16.0 Å². The third kappa shape index (κ3) is 5.94. The molecule has 4 heteroatoms. The fourth-order valence-corrected chi connectivity index (χ4v) is 0.413. The first-order valence-corrected chi connectivity index (χ1v) is 2.89. The van der Waals surface area contributed by atoms with Gasteiger partial charge in [0.1, 0.15) is 0 Å². The third-order valence-corrected chi connectivity index (χ3v) is 0.821. The van der Waals surface area contributed by atoms with Crippen LogP contribution in [0.1, 0.15) is 6.42 Å². The highest BCUT2D eigenvalue weighted by Gasteiger charge is 1.97. The molecule has 0 fully saturated rings. The quantitative estimate of drug-likeness (QED) is 0.327. The predicted octanol–water partition coefficient (Wildman–Crippen LogP) is -0.965. The van der Waals surface area contributed by atoms with Gasteiger partial charge in [-0.3, -0.25) is 0 Å². The molecule has 0 spiro atoms. The molecule has 0 aliphatic rings. The van der Waals surface area contributed by atoms with E-state index in [4.69, 9.17) is 10.8 Å². The number of nitrogens with two attached hydrogens (primary N) is 1. The molecule has 8 heavy (non-hydrogen) atoms. The average Bonchev–Trinajstić information content (AvgIpc) is 1.66. The van der Waals surface area contributed by atoms with Crippen LogP contribution in [-0.2, 0) is 0 Å². The molecule has 3 nitrogen and oxygen atoms in total. The van der Waals surface area contributed by atoms with Crippen molar-refractivity contribution in [1.29, 1.82) is 0 Å². The van der Waals surface area contributed by atoms with Crippen molar-refractivity contribution in [2.75, 3.05) is 13.1 Å².